The van der Waals surface area contributed by atoms with Crippen LogP contribution in [0.5, 0.6) is 0 Å². The van der Waals surface area contributed by atoms with Crippen molar-refractivity contribution in [3.05, 3.63) is 0 Å². The lowest BCUT2D eigenvalue weighted by Gasteiger charge is -2.28. The average Bonchev–Trinajstić information content (AvgIpc) is 3.01. The minimum absolute atomic E-state index is 0.0858. The second-order valence-electron chi connectivity index (χ2n) is 6.54. The normalized spacial score (nSPS) is 51.5. The van der Waals surface area contributed by atoms with E-state index in [-0.39, 0.29) is 23.6 Å². The molecule has 0 unspecified atom stereocenters. The quantitative estimate of drug-likeness (QED) is 0.732. The Morgan fingerprint density at radius 2 is 1.89 bits per heavy atom. The number of esters is 1. The van der Waals surface area contributed by atoms with Crippen LogP contribution < -0.4 is 0 Å². The molecular formula is C16H26O3. The van der Waals surface area contributed by atoms with Gasteiger partial charge in [0.15, 0.2) is 5.60 Å². The van der Waals surface area contributed by atoms with Gasteiger partial charge in [-0.3, -0.25) is 0 Å². The zero-order chi connectivity index (χ0) is 13.8. The third kappa shape index (κ3) is 1.40. The van der Waals surface area contributed by atoms with Crippen LogP contribution in [0.3, 0.4) is 0 Å². The summed E-state index contributed by atoms with van der Waals surface area (Å²) in [6, 6.07) is 0. The molecule has 1 saturated carbocycles. The zero-order valence-corrected chi connectivity index (χ0v) is 12.6. The standard InChI is InChI=1S/C16H26O3/c1-5-10-9-15(7-3)13-12(10)11(6-2)18-16(13,8-4)14(17)19-15/h10-13H,5-9H2,1-4H3/t10-,11+,12-,13+,15-,16+/m1/s1. The van der Waals surface area contributed by atoms with Crippen LogP contribution in [0.25, 0.3) is 0 Å². The van der Waals surface area contributed by atoms with Crippen molar-refractivity contribution in [1.82, 2.24) is 0 Å². The monoisotopic (exact) mass is 266 g/mol. The second-order valence-corrected chi connectivity index (χ2v) is 6.54. The van der Waals surface area contributed by atoms with Crippen molar-refractivity contribution in [2.75, 3.05) is 0 Å². The highest BCUT2D eigenvalue weighted by molar-refractivity contribution is 5.84. The number of carbonyl (C=O) groups is 1. The lowest BCUT2D eigenvalue weighted by atomic mass is 9.73. The molecule has 0 spiro atoms. The lowest BCUT2D eigenvalue weighted by molar-refractivity contribution is -0.165. The Kier molecular flexibility index (Phi) is 2.97. The molecular weight excluding hydrogens is 240 g/mol. The highest BCUT2D eigenvalue weighted by Gasteiger charge is 2.75. The van der Waals surface area contributed by atoms with E-state index in [0.717, 1.165) is 25.7 Å². The van der Waals surface area contributed by atoms with Crippen molar-refractivity contribution in [3.8, 4) is 0 Å². The van der Waals surface area contributed by atoms with Gasteiger partial charge in [0.25, 0.3) is 0 Å². The molecule has 0 bridgehead atoms. The molecule has 2 saturated heterocycles. The van der Waals surface area contributed by atoms with Gasteiger partial charge in [-0.15, -0.1) is 0 Å². The highest BCUT2D eigenvalue weighted by Crippen LogP contribution is 2.65. The second kappa shape index (κ2) is 4.21. The predicted octanol–water partition coefficient (Wildman–Crippen LogP) is 3.31. The highest BCUT2D eigenvalue weighted by atomic mass is 16.6. The van der Waals surface area contributed by atoms with Crippen LogP contribution in [-0.2, 0) is 14.3 Å². The van der Waals surface area contributed by atoms with E-state index in [2.05, 4.69) is 27.7 Å². The number of hydrogen-bond donors (Lipinski definition) is 0. The molecule has 2 heterocycles. The zero-order valence-electron chi connectivity index (χ0n) is 12.6. The van der Waals surface area contributed by atoms with Crippen molar-refractivity contribution in [1.29, 1.82) is 0 Å². The van der Waals surface area contributed by atoms with Crippen molar-refractivity contribution < 1.29 is 14.3 Å². The lowest BCUT2D eigenvalue weighted by Crippen LogP contribution is -2.42. The van der Waals surface area contributed by atoms with Gasteiger partial charge in [-0.1, -0.05) is 34.1 Å². The van der Waals surface area contributed by atoms with E-state index in [9.17, 15) is 4.79 Å². The summed E-state index contributed by atoms with van der Waals surface area (Å²) in [6.45, 7) is 8.67. The largest absolute Gasteiger partial charge is 0.456 e. The summed E-state index contributed by atoms with van der Waals surface area (Å²) in [5.41, 5.74) is -0.867. The van der Waals surface area contributed by atoms with Gasteiger partial charge < -0.3 is 9.47 Å². The number of hydrogen-bond acceptors (Lipinski definition) is 3. The molecule has 3 rings (SSSR count). The van der Waals surface area contributed by atoms with Gasteiger partial charge in [-0.25, -0.2) is 4.79 Å². The van der Waals surface area contributed by atoms with Gasteiger partial charge in [0.05, 0.1) is 6.10 Å². The topological polar surface area (TPSA) is 35.5 Å². The molecule has 0 aromatic carbocycles. The molecule has 3 aliphatic rings. The fraction of sp³-hybridized carbons (Fsp3) is 0.938. The minimum atomic E-state index is -0.634. The summed E-state index contributed by atoms with van der Waals surface area (Å²) in [6.07, 6.45) is 5.14. The summed E-state index contributed by atoms with van der Waals surface area (Å²) >= 11 is 0. The van der Waals surface area contributed by atoms with E-state index < -0.39 is 5.60 Å². The number of rotatable bonds is 4. The van der Waals surface area contributed by atoms with Gasteiger partial charge in [0.2, 0.25) is 0 Å². The first-order valence-electron chi connectivity index (χ1n) is 7.99. The Labute approximate surface area is 116 Å². The van der Waals surface area contributed by atoms with Crippen LogP contribution in [0.15, 0.2) is 0 Å². The van der Waals surface area contributed by atoms with Crippen LogP contribution in [0, 0.1) is 17.8 Å². The summed E-state index contributed by atoms with van der Waals surface area (Å²) in [5, 5.41) is 0. The fourth-order valence-corrected chi connectivity index (χ4v) is 5.21. The maximum atomic E-state index is 12.5. The molecule has 19 heavy (non-hydrogen) atoms. The SMILES string of the molecule is CC[C@@H]1C[C@@]2(CC)OC(=O)[C@@]3(CC)O[C@@H](CC)[C@@H]1[C@@H]23. The van der Waals surface area contributed by atoms with Gasteiger partial charge >= 0.3 is 5.97 Å². The molecule has 3 fully saturated rings. The Hall–Kier alpha value is -0.570. The molecule has 6 atom stereocenters. The molecule has 0 N–H and O–H groups in total. The average molecular weight is 266 g/mol. The molecule has 2 aliphatic heterocycles. The first-order valence-corrected chi connectivity index (χ1v) is 7.99. The van der Waals surface area contributed by atoms with Gasteiger partial charge in [-0.05, 0) is 37.5 Å². The molecule has 108 valence electrons. The maximum absolute atomic E-state index is 12.5. The van der Waals surface area contributed by atoms with Crippen molar-refractivity contribution >= 4 is 5.97 Å². The van der Waals surface area contributed by atoms with Gasteiger partial charge in [0, 0.05) is 5.92 Å². The van der Waals surface area contributed by atoms with Crippen molar-refractivity contribution in [3.63, 3.8) is 0 Å². The third-order valence-corrected chi connectivity index (χ3v) is 6.09. The van der Waals surface area contributed by atoms with E-state index in [4.69, 9.17) is 9.47 Å². The van der Waals surface area contributed by atoms with Crippen molar-refractivity contribution in [2.45, 2.75) is 77.1 Å². The van der Waals surface area contributed by atoms with Gasteiger partial charge in [-0.2, -0.15) is 0 Å². The molecule has 0 radical (unpaired) electrons. The molecule has 1 aliphatic carbocycles. The maximum Gasteiger partial charge on any atom is 0.339 e. The smallest absolute Gasteiger partial charge is 0.339 e. The van der Waals surface area contributed by atoms with Crippen LogP contribution in [0.4, 0.5) is 0 Å². The summed E-state index contributed by atoms with van der Waals surface area (Å²) < 4.78 is 12.2. The summed E-state index contributed by atoms with van der Waals surface area (Å²) in [7, 11) is 0. The molecule has 0 aromatic heterocycles. The number of carbonyl (C=O) groups excluding carboxylic acids is 1. The van der Waals surface area contributed by atoms with Crippen LogP contribution in [-0.4, -0.2) is 23.3 Å². The Balaban J connectivity index is 2.09. The third-order valence-electron chi connectivity index (χ3n) is 6.09. The van der Waals surface area contributed by atoms with E-state index in [1.807, 2.05) is 0 Å². The molecule has 0 aromatic rings. The first kappa shape index (κ1) is 13.4. The van der Waals surface area contributed by atoms with E-state index in [0.29, 0.717) is 11.8 Å². The van der Waals surface area contributed by atoms with Crippen LogP contribution in [0.1, 0.15) is 59.8 Å². The first-order chi connectivity index (χ1) is 9.08. The molecule has 3 nitrogen and oxygen atoms in total. The summed E-state index contributed by atoms with van der Waals surface area (Å²) in [5.74, 6) is 1.37. The molecule has 3 heteroatoms. The molecule has 0 amide bonds. The van der Waals surface area contributed by atoms with E-state index >= 15 is 0 Å². The Morgan fingerprint density at radius 1 is 1.16 bits per heavy atom. The van der Waals surface area contributed by atoms with Gasteiger partial charge in [0.1, 0.15) is 5.60 Å². The minimum Gasteiger partial charge on any atom is -0.456 e. The Bertz CT molecular complexity index is 393. The number of ether oxygens (including phenoxy) is 2. The fourth-order valence-electron chi connectivity index (χ4n) is 5.21. The van der Waals surface area contributed by atoms with E-state index in [1.54, 1.807) is 0 Å². The van der Waals surface area contributed by atoms with Crippen LogP contribution >= 0.6 is 0 Å². The van der Waals surface area contributed by atoms with E-state index in [1.165, 1.54) is 6.42 Å². The summed E-state index contributed by atoms with van der Waals surface area (Å²) in [4.78, 5) is 12.5. The Morgan fingerprint density at radius 3 is 2.42 bits per heavy atom. The van der Waals surface area contributed by atoms with Crippen LogP contribution in [0.2, 0.25) is 0 Å². The predicted molar refractivity (Wildman–Crippen MR) is 72.7 cm³/mol. The van der Waals surface area contributed by atoms with Crippen molar-refractivity contribution in [2.24, 2.45) is 17.8 Å².